The second-order valence-corrected chi connectivity index (χ2v) is 5.35. The third-order valence-electron chi connectivity index (χ3n) is 2.74. The van der Waals surface area contributed by atoms with Crippen molar-refractivity contribution in [2.45, 2.75) is 16.8 Å². The molecule has 8 heteroatoms. The maximum Gasteiger partial charge on any atom is 0.338 e. The molecular weight excluding hydrogens is 295 g/mol. The van der Waals surface area contributed by atoms with Gasteiger partial charge in [0.25, 0.3) is 5.78 Å². The highest BCUT2D eigenvalue weighted by atomic mass is 32.2. The van der Waals surface area contributed by atoms with Crippen molar-refractivity contribution in [2.75, 3.05) is 0 Å². The lowest BCUT2D eigenvalue weighted by Crippen LogP contribution is -2.01. The van der Waals surface area contributed by atoms with Gasteiger partial charge < -0.3 is 5.11 Å². The first-order chi connectivity index (χ1) is 10.0. The van der Waals surface area contributed by atoms with Gasteiger partial charge in [-0.1, -0.05) is 11.8 Å². The molecule has 0 atom stereocenters. The predicted molar refractivity (Wildman–Crippen MR) is 73.0 cm³/mol. The third kappa shape index (κ3) is 2.57. The molecule has 0 fully saturated rings. The van der Waals surface area contributed by atoms with Crippen molar-refractivity contribution in [3.05, 3.63) is 47.7 Å². The topological polar surface area (TPSA) is 80.4 Å². The van der Waals surface area contributed by atoms with E-state index in [0.29, 0.717) is 10.7 Å². The van der Waals surface area contributed by atoms with Crippen LogP contribution in [0.3, 0.4) is 0 Å². The van der Waals surface area contributed by atoms with Crippen LogP contribution in [0.15, 0.2) is 40.5 Å². The molecule has 0 aliphatic rings. The Morgan fingerprint density at radius 1 is 1.38 bits per heavy atom. The largest absolute Gasteiger partial charge is 0.478 e. The lowest BCUT2D eigenvalue weighted by atomic mass is 10.2. The van der Waals surface area contributed by atoms with Crippen LogP contribution in [0.25, 0.3) is 5.78 Å². The molecule has 1 aromatic carbocycles. The minimum absolute atomic E-state index is 0.361. The molecule has 0 aliphatic heterocycles. The van der Waals surface area contributed by atoms with Crippen molar-refractivity contribution in [1.82, 2.24) is 19.6 Å². The number of fused-ring (bicyclic) bond motifs is 1. The summed E-state index contributed by atoms with van der Waals surface area (Å²) in [6, 6.07) is 5.75. The number of carboxylic acids is 1. The summed E-state index contributed by atoms with van der Waals surface area (Å²) in [5, 5.41) is 13.7. The molecule has 0 saturated carbocycles. The Labute approximate surface area is 122 Å². The van der Waals surface area contributed by atoms with Crippen molar-refractivity contribution in [3.8, 4) is 0 Å². The zero-order valence-electron chi connectivity index (χ0n) is 10.8. The fourth-order valence-corrected chi connectivity index (χ4v) is 2.82. The summed E-state index contributed by atoms with van der Waals surface area (Å²) in [5.74, 6) is -1.60. The fourth-order valence-electron chi connectivity index (χ4n) is 1.82. The predicted octanol–water partition coefficient (Wildman–Crippen LogP) is 2.42. The number of hydrogen-bond acceptors (Lipinski definition) is 5. The lowest BCUT2D eigenvalue weighted by molar-refractivity contribution is 0.0691. The standard InChI is InChI=1S/C13H9FN4O2S/c1-7-4-11(18-13(17-7)15-6-16-18)21-8-2-3-10(14)9(5-8)12(19)20/h2-6H,1H3,(H,19,20). The van der Waals surface area contributed by atoms with Crippen LogP contribution in [0.2, 0.25) is 0 Å². The van der Waals surface area contributed by atoms with Gasteiger partial charge in [-0.15, -0.1) is 0 Å². The van der Waals surface area contributed by atoms with Crippen molar-refractivity contribution in [2.24, 2.45) is 0 Å². The van der Waals surface area contributed by atoms with E-state index in [4.69, 9.17) is 5.11 Å². The minimum Gasteiger partial charge on any atom is -0.478 e. The number of carbonyl (C=O) groups is 1. The van der Waals surface area contributed by atoms with Gasteiger partial charge in [-0.3, -0.25) is 0 Å². The zero-order chi connectivity index (χ0) is 15.0. The van der Waals surface area contributed by atoms with E-state index in [9.17, 15) is 9.18 Å². The zero-order valence-corrected chi connectivity index (χ0v) is 11.6. The van der Waals surface area contributed by atoms with Gasteiger partial charge in [-0.2, -0.15) is 14.6 Å². The average Bonchev–Trinajstić information content (AvgIpc) is 2.88. The first-order valence-electron chi connectivity index (χ1n) is 5.92. The minimum atomic E-state index is -1.30. The second kappa shape index (κ2) is 5.13. The third-order valence-corrected chi connectivity index (χ3v) is 3.73. The number of halogens is 1. The number of aryl methyl sites for hydroxylation is 1. The van der Waals surface area contributed by atoms with Gasteiger partial charge >= 0.3 is 5.97 Å². The molecule has 106 valence electrons. The maximum absolute atomic E-state index is 13.4. The van der Waals surface area contributed by atoms with E-state index in [1.807, 2.05) is 6.92 Å². The molecule has 0 spiro atoms. The van der Waals surface area contributed by atoms with Gasteiger partial charge in [0, 0.05) is 10.6 Å². The number of rotatable bonds is 3. The first kappa shape index (κ1) is 13.5. The number of carboxylic acid groups (broad SMARTS) is 1. The average molecular weight is 304 g/mol. The summed E-state index contributed by atoms with van der Waals surface area (Å²) in [5.41, 5.74) is 0.402. The molecule has 0 unspecified atom stereocenters. The number of hydrogen-bond donors (Lipinski definition) is 1. The Bertz CT molecular complexity index is 849. The number of aromatic nitrogens is 4. The number of nitrogens with zero attached hydrogens (tertiary/aromatic N) is 4. The highest BCUT2D eigenvalue weighted by molar-refractivity contribution is 7.99. The van der Waals surface area contributed by atoms with Gasteiger partial charge in [-0.05, 0) is 31.2 Å². The van der Waals surface area contributed by atoms with Crippen LogP contribution in [0, 0.1) is 12.7 Å². The van der Waals surface area contributed by atoms with Gasteiger partial charge in [0.15, 0.2) is 0 Å². The van der Waals surface area contributed by atoms with E-state index < -0.39 is 11.8 Å². The van der Waals surface area contributed by atoms with E-state index >= 15 is 0 Å². The van der Waals surface area contributed by atoms with Crippen LogP contribution in [0.5, 0.6) is 0 Å². The second-order valence-electron chi connectivity index (χ2n) is 4.26. The Morgan fingerprint density at radius 3 is 2.95 bits per heavy atom. The molecule has 0 amide bonds. The maximum atomic E-state index is 13.4. The van der Waals surface area contributed by atoms with Crippen LogP contribution in [0.4, 0.5) is 4.39 Å². The van der Waals surface area contributed by atoms with E-state index in [0.717, 1.165) is 16.8 Å². The molecule has 0 saturated heterocycles. The summed E-state index contributed by atoms with van der Waals surface area (Å²) < 4.78 is 14.9. The summed E-state index contributed by atoms with van der Waals surface area (Å²) in [6.07, 6.45) is 1.39. The van der Waals surface area contributed by atoms with Crippen molar-refractivity contribution >= 4 is 23.5 Å². The number of aromatic carboxylic acids is 1. The Balaban J connectivity index is 2.04. The molecule has 0 bridgehead atoms. The van der Waals surface area contributed by atoms with Crippen LogP contribution >= 0.6 is 11.8 Å². The molecule has 1 N–H and O–H groups in total. The fraction of sp³-hybridized carbons (Fsp3) is 0.0769. The molecular formula is C13H9FN4O2S. The molecule has 3 rings (SSSR count). The summed E-state index contributed by atoms with van der Waals surface area (Å²) in [4.78, 5) is 19.8. The van der Waals surface area contributed by atoms with E-state index in [2.05, 4.69) is 15.1 Å². The molecule has 3 aromatic rings. The monoisotopic (exact) mass is 304 g/mol. The number of benzene rings is 1. The quantitative estimate of drug-likeness (QED) is 0.748. The normalized spacial score (nSPS) is 11.0. The van der Waals surface area contributed by atoms with Crippen molar-refractivity contribution < 1.29 is 14.3 Å². The van der Waals surface area contributed by atoms with E-state index in [1.165, 1.54) is 30.2 Å². The van der Waals surface area contributed by atoms with Gasteiger partial charge in [0.2, 0.25) is 0 Å². The summed E-state index contributed by atoms with van der Waals surface area (Å²) in [6.45, 7) is 1.83. The first-order valence-corrected chi connectivity index (χ1v) is 6.74. The van der Waals surface area contributed by atoms with Crippen molar-refractivity contribution in [3.63, 3.8) is 0 Å². The van der Waals surface area contributed by atoms with E-state index in [1.54, 1.807) is 10.6 Å². The van der Waals surface area contributed by atoms with E-state index in [-0.39, 0.29) is 5.56 Å². The molecule has 6 nitrogen and oxygen atoms in total. The lowest BCUT2D eigenvalue weighted by Gasteiger charge is -2.06. The highest BCUT2D eigenvalue weighted by Crippen LogP contribution is 2.29. The van der Waals surface area contributed by atoms with Crippen molar-refractivity contribution in [1.29, 1.82) is 0 Å². The van der Waals surface area contributed by atoms with Gasteiger partial charge in [-0.25, -0.2) is 14.2 Å². The smallest absolute Gasteiger partial charge is 0.338 e. The highest BCUT2D eigenvalue weighted by Gasteiger charge is 2.13. The molecule has 0 radical (unpaired) electrons. The molecule has 21 heavy (non-hydrogen) atoms. The molecule has 2 heterocycles. The van der Waals surface area contributed by atoms with Crippen LogP contribution < -0.4 is 0 Å². The Kier molecular flexibility index (Phi) is 3.30. The Morgan fingerprint density at radius 2 is 2.19 bits per heavy atom. The summed E-state index contributed by atoms with van der Waals surface area (Å²) >= 11 is 1.27. The van der Waals surface area contributed by atoms with Gasteiger partial charge in [0.05, 0.1) is 5.56 Å². The van der Waals surface area contributed by atoms with Crippen LogP contribution in [-0.4, -0.2) is 30.7 Å². The SMILES string of the molecule is Cc1cc(Sc2ccc(F)c(C(=O)O)c2)n2ncnc2n1. The van der Waals surface area contributed by atoms with Crippen LogP contribution in [-0.2, 0) is 0 Å². The van der Waals surface area contributed by atoms with Gasteiger partial charge in [0.1, 0.15) is 17.2 Å². The summed E-state index contributed by atoms with van der Waals surface area (Å²) in [7, 11) is 0. The molecule has 0 aliphatic carbocycles. The van der Waals surface area contributed by atoms with Crippen LogP contribution in [0.1, 0.15) is 16.1 Å². The molecule has 2 aromatic heterocycles. The Hall–Kier alpha value is -2.48.